The Morgan fingerprint density at radius 1 is 1.42 bits per heavy atom. The van der Waals surface area contributed by atoms with Crippen molar-refractivity contribution in [1.29, 1.82) is 0 Å². The molecule has 2 aromatic rings. The number of hydrogen-bond acceptors (Lipinski definition) is 5. The average Bonchev–Trinajstić information content (AvgIpc) is 2.85. The fourth-order valence-corrected chi connectivity index (χ4v) is 3.66. The Morgan fingerprint density at radius 3 is 2.89 bits per heavy atom. The van der Waals surface area contributed by atoms with Crippen LogP contribution in [0.1, 0.15) is 5.01 Å². The van der Waals surface area contributed by atoms with Gasteiger partial charge in [0.25, 0.3) is 0 Å². The molecule has 1 aromatic heterocycles. The molecule has 3 N–H and O–H groups in total. The predicted molar refractivity (Wildman–Crippen MR) is 76.9 cm³/mol. The molecule has 8 heteroatoms. The maximum absolute atomic E-state index is 12.1. The average molecular weight is 318 g/mol. The van der Waals surface area contributed by atoms with Gasteiger partial charge in [-0.1, -0.05) is 11.6 Å². The van der Waals surface area contributed by atoms with Gasteiger partial charge < -0.3 is 5.73 Å². The molecule has 0 aliphatic carbocycles. The number of anilines is 1. The minimum atomic E-state index is -3.65. The maximum atomic E-state index is 12.1. The highest BCUT2D eigenvalue weighted by Gasteiger charge is 2.17. The molecule has 0 bridgehead atoms. The second kappa shape index (κ2) is 5.87. The van der Waals surface area contributed by atoms with E-state index in [1.165, 1.54) is 23.5 Å². The molecule has 0 unspecified atom stereocenters. The van der Waals surface area contributed by atoms with Gasteiger partial charge in [0, 0.05) is 30.2 Å². The normalized spacial score (nSPS) is 11.6. The Hall–Kier alpha value is -1.15. The predicted octanol–water partition coefficient (Wildman–Crippen LogP) is 1.90. The molecule has 5 nitrogen and oxygen atoms in total. The number of hydrogen-bond donors (Lipinski definition) is 2. The zero-order valence-corrected chi connectivity index (χ0v) is 12.2. The van der Waals surface area contributed by atoms with Crippen molar-refractivity contribution in [1.82, 2.24) is 9.71 Å². The number of rotatable bonds is 5. The fraction of sp³-hybridized carbons (Fsp3) is 0.182. The standard InChI is InChI=1S/C11H12ClN3O2S2/c12-9-2-1-8(13)7-10(9)19(16,17)15-4-3-11-14-5-6-18-11/h1-2,5-7,15H,3-4,13H2. The van der Waals surface area contributed by atoms with Crippen LogP contribution in [0, 0.1) is 0 Å². The molecule has 0 saturated carbocycles. The van der Waals surface area contributed by atoms with E-state index in [0.29, 0.717) is 12.1 Å². The number of thiazole rings is 1. The molecule has 0 aliphatic rings. The summed E-state index contributed by atoms with van der Waals surface area (Å²) < 4.78 is 26.6. The largest absolute Gasteiger partial charge is 0.399 e. The highest BCUT2D eigenvalue weighted by molar-refractivity contribution is 7.89. The Balaban J connectivity index is 2.07. The summed E-state index contributed by atoms with van der Waals surface area (Å²) in [5, 5.41) is 2.87. The first-order chi connectivity index (χ1) is 8.99. The molecule has 0 spiro atoms. The second-order valence-electron chi connectivity index (χ2n) is 3.76. The van der Waals surface area contributed by atoms with Gasteiger partial charge in [-0.3, -0.25) is 0 Å². The van der Waals surface area contributed by atoms with Crippen LogP contribution in [0.2, 0.25) is 5.02 Å². The first-order valence-corrected chi connectivity index (χ1v) is 8.16. The monoisotopic (exact) mass is 317 g/mol. The van der Waals surface area contributed by atoms with Gasteiger partial charge in [0.1, 0.15) is 4.90 Å². The van der Waals surface area contributed by atoms with Crippen molar-refractivity contribution in [3.05, 3.63) is 39.8 Å². The number of nitrogens with one attached hydrogen (secondary N) is 1. The smallest absolute Gasteiger partial charge is 0.242 e. The zero-order chi connectivity index (χ0) is 13.9. The lowest BCUT2D eigenvalue weighted by molar-refractivity contribution is 0.581. The third kappa shape index (κ3) is 3.66. The van der Waals surface area contributed by atoms with E-state index >= 15 is 0 Å². The molecule has 2 rings (SSSR count). The van der Waals surface area contributed by atoms with E-state index < -0.39 is 10.0 Å². The van der Waals surface area contributed by atoms with Crippen molar-refractivity contribution < 1.29 is 8.42 Å². The molecule has 1 aromatic carbocycles. The Morgan fingerprint density at radius 2 is 2.21 bits per heavy atom. The molecule has 0 fully saturated rings. The van der Waals surface area contributed by atoms with Gasteiger partial charge in [0.15, 0.2) is 0 Å². The number of benzene rings is 1. The highest BCUT2D eigenvalue weighted by atomic mass is 35.5. The van der Waals surface area contributed by atoms with Gasteiger partial charge in [-0.25, -0.2) is 18.1 Å². The van der Waals surface area contributed by atoms with Gasteiger partial charge in [0.05, 0.1) is 10.0 Å². The molecular formula is C11H12ClN3O2S2. The minimum absolute atomic E-state index is 0.00620. The van der Waals surface area contributed by atoms with Crippen LogP contribution < -0.4 is 10.5 Å². The van der Waals surface area contributed by atoms with Crippen LogP contribution in [0.5, 0.6) is 0 Å². The summed E-state index contributed by atoms with van der Waals surface area (Å²) in [5.74, 6) is 0. The van der Waals surface area contributed by atoms with Crippen LogP contribution in [-0.2, 0) is 16.4 Å². The fourth-order valence-electron chi connectivity index (χ4n) is 1.47. The quantitative estimate of drug-likeness (QED) is 0.825. The topological polar surface area (TPSA) is 85.1 Å². The first kappa shape index (κ1) is 14.3. The third-order valence-corrected chi connectivity index (χ3v) is 5.14. The summed E-state index contributed by atoms with van der Waals surface area (Å²) in [4.78, 5) is 4.07. The zero-order valence-electron chi connectivity index (χ0n) is 9.84. The summed E-state index contributed by atoms with van der Waals surface area (Å²) in [5.41, 5.74) is 5.92. The van der Waals surface area contributed by atoms with Crippen LogP contribution >= 0.6 is 22.9 Å². The van der Waals surface area contributed by atoms with Gasteiger partial charge in [-0.15, -0.1) is 11.3 Å². The van der Waals surface area contributed by atoms with Crippen molar-refractivity contribution in [3.8, 4) is 0 Å². The Kier molecular flexibility index (Phi) is 4.41. The van der Waals surface area contributed by atoms with E-state index in [4.69, 9.17) is 17.3 Å². The van der Waals surface area contributed by atoms with E-state index in [0.717, 1.165) is 5.01 Å². The van der Waals surface area contributed by atoms with Gasteiger partial charge in [-0.05, 0) is 18.2 Å². The van der Waals surface area contributed by atoms with Gasteiger partial charge in [0.2, 0.25) is 10.0 Å². The van der Waals surface area contributed by atoms with Crippen LogP contribution in [0.15, 0.2) is 34.7 Å². The van der Waals surface area contributed by atoms with E-state index in [1.807, 2.05) is 5.38 Å². The molecule has 0 atom stereocenters. The maximum Gasteiger partial charge on any atom is 0.242 e. The van der Waals surface area contributed by atoms with E-state index in [9.17, 15) is 8.42 Å². The minimum Gasteiger partial charge on any atom is -0.399 e. The van der Waals surface area contributed by atoms with E-state index in [1.54, 1.807) is 12.3 Å². The van der Waals surface area contributed by atoms with Crippen LogP contribution in [0.25, 0.3) is 0 Å². The molecule has 0 radical (unpaired) electrons. The number of nitrogens with two attached hydrogens (primary N) is 1. The third-order valence-electron chi connectivity index (χ3n) is 2.36. The molecule has 0 aliphatic heterocycles. The lowest BCUT2D eigenvalue weighted by Gasteiger charge is -2.08. The summed E-state index contributed by atoms with van der Waals surface area (Å²) >= 11 is 7.36. The number of nitrogens with zero attached hydrogens (tertiary/aromatic N) is 1. The molecule has 0 saturated heterocycles. The number of halogens is 1. The van der Waals surface area contributed by atoms with Crippen LogP contribution in [0.4, 0.5) is 5.69 Å². The van der Waals surface area contributed by atoms with E-state index in [2.05, 4.69) is 9.71 Å². The summed E-state index contributed by atoms with van der Waals surface area (Å²) in [6.07, 6.45) is 2.22. The first-order valence-electron chi connectivity index (χ1n) is 5.42. The Labute approximate surface area is 120 Å². The molecule has 19 heavy (non-hydrogen) atoms. The lowest BCUT2D eigenvalue weighted by Crippen LogP contribution is -2.26. The van der Waals surface area contributed by atoms with Crippen molar-refractivity contribution in [3.63, 3.8) is 0 Å². The summed E-state index contributed by atoms with van der Waals surface area (Å²) in [6.45, 7) is 0.265. The van der Waals surface area contributed by atoms with Gasteiger partial charge in [-0.2, -0.15) is 0 Å². The number of sulfonamides is 1. The molecule has 1 heterocycles. The summed E-state index contributed by atoms with van der Waals surface area (Å²) in [6, 6.07) is 4.36. The highest BCUT2D eigenvalue weighted by Crippen LogP contribution is 2.23. The number of aromatic nitrogens is 1. The van der Waals surface area contributed by atoms with Crippen molar-refractivity contribution in [2.24, 2.45) is 0 Å². The lowest BCUT2D eigenvalue weighted by atomic mass is 10.3. The molecule has 0 amide bonds. The van der Waals surface area contributed by atoms with Crippen molar-refractivity contribution in [2.45, 2.75) is 11.3 Å². The Bertz CT molecular complexity index is 657. The van der Waals surface area contributed by atoms with Crippen LogP contribution in [-0.4, -0.2) is 19.9 Å². The van der Waals surface area contributed by atoms with E-state index in [-0.39, 0.29) is 16.5 Å². The van der Waals surface area contributed by atoms with Gasteiger partial charge >= 0.3 is 0 Å². The van der Waals surface area contributed by atoms with Crippen molar-refractivity contribution in [2.75, 3.05) is 12.3 Å². The summed E-state index contributed by atoms with van der Waals surface area (Å²) in [7, 11) is -3.65. The van der Waals surface area contributed by atoms with Crippen molar-refractivity contribution >= 4 is 38.6 Å². The second-order valence-corrected chi connectivity index (χ2v) is 6.89. The van der Waals surface area contributed by atoms with Crippen LogP contribution in [0.3, 0.4) is 0 Å². The molecular weight excluding hydrogens is 306 g/mol. The molecule has 102 valence electrons. The SMILES string of the molecule is Nc1ccc(Cl)c(S(=O)(=O)NCCc2nccs2)c1. The number of nitrogen functional groups attached to an aromatic ring is 1.